The van der Waals surface area contributed by atoms with Gasteiger partial charge in [-0.1, -0.05) is 17.7 Å². The lowest BCUT2D eigenvalue weighted by molar-refractivity contribution is -0.144. The average molecular weight is 282 g/mol. The standard InChI is InChI=1S/C14H16ClNO3/c1-3-19-14(18)12-6-7-13(17)16(12)10-5-4-9(2)11(15)8-10/h4-5,8,12H,3,6-7H2,1-2H3. The number of ether oxygens (including phenoxy) is 1. The molecule has 1 aromatic carbocycles. The Morgan fingerprint density at radius 1 is 1.53 bits per heavy atom. The van der Waals surface area contributed by atoms with E-state index in [0.29, 0.717) is 30.2 Å². The zero-order valence-electron chi connectivity index (χ0n) is 11.0. The van der Waals surface area contributed by atoms with Crippen LogP contribution in [0.2, 0.25) is 5.02 Å². The van der Waals surface area contributed by atoms with Gasteiger partial charge in [-0.2, -0.15) is 0 Å². The van der Waals surface area contributed by atoms with E-state index in [1.807, 2.05) is 13.0 Å². The highest BCUT2D eigenvalue weighted by atomic mass is 35.5. The molecule has 0 aliphatic carbocycles. The summed E-state index contributed by atoms with van der Waals surface area (Å²) in [6, 6.07) is 4.82. The molecule has 1 atom stereocenters. The molecule has 0 radical (unpaired) electrons. The Morgan fingerprint density at radius 2 is 2.26 bits per heavy atom. The summed E-state index contributed by atoms with van der Waals surface area (Å²) in [6.07, 6.45) is 0.845. The van der Waals surface area contributed by atoms with Crippen LogP contribution in [0.3, 0.4) is 0 Å². The Balaban J connectivity index is 2.31. The molecule has 0 N–H and O–H groups in total. The van der Waals surface area contributed by atoms with E-state index >= 15 is 0 Å². The number of rotatable bonds is 3. The second kappa shape index (κ2) is 5.61. The summed E-state index contributed by atoms with van der Waals surface area (Å²) in [5.41, 5.74) is 1.58. The monoisotopic (exact) mass is 281 g/mol. The van der Waals surface area contributed by atoms with Crippen molar-refractivity contribution in [3.8, 4) is 0 Å². The molecule has 1 aliphatic heterocycles. The predicted molar refractivity (Wildman–Crippen MR) is 73.3 cm³/mol. The number of benzene rings is 1. The van der Waals surface area contributed by atoms with Crippen molar-refractivity contribution >= 4 is 29.2 Å². The molecule has 0 spiro atoms. The number of carbonyl (C=O) groups excluding carboxylic acids is 2. The largest absolute Gasteiger partial charge is 0.464 e. The molecule has 5 heteroatoms. The molecule has 1 fully saturated rings. The van der Waals surface area contributed by atoms with Gasteiger partial charge in [-0.15, -0.1) is 0 Å². The first-order chi connectivity index (χ1) is 9.04. The van der Waals surface area contributed by atoms with Gasteiger partial charge in [0.05, 0.1) is 6.61 Å². The number of hydrogen-bond donors (Lipinski definition) is 0. The van der Waals surface area contributed by atoms with Gasteiger partial charge in [-0.3, -0.25) is 9.69 Å². The highest BCUT2D eigenvalue weighted by Gasteiger charge is 2.38. The van der Waals surface area contributed by atoms with Gasteiger partial charge in [0.1, 0.15) is 6.04 Å². The third kappa shape index (κ3) is 2.73. The molecule has 0 aromatic heterocycles. The van der Waals surface area contributed by atoms with Crippen LogP contribution >= 0.6 is 11.6 Å². The Labute approximate surface area is 117 Å². The van der Waals surface area contributed by atoms with Gasteiger partial charge in [0.15, 0.2) is 0 Å². The van der Waals surface area contributed by atoms with Gasteiger partial charge >= 0.3 is 5.97 Å². The van der Waals surface area contributed by atoms with Crippen molar-refractivity contribution in [3.63, 3.8) is 0 Å². The zero-order valence-corrected chi connectivity index (χ0v) is 11.7. The Bertz CT molecular complexity index is 515. The minimum absolute atomic E-state index is 0.0713. The van der Waals surface area contributed by atoms with Crippen LogP contribution < -0.4 is 4.90 Å². The van der Waals surface area contributed by atoms with Crippen molar-refractivity contribution in [1.29, 1.82) is 0 Å². The Morgan fingerprint density at radius 3 is 2.89 bits per heavy atom. The minimum Gasteiger partial charge on any atom is -0.464 e. The highest BCUT2D eigenvalue weighted by molar-refractivity contribution is 6.31. The van der Waals surface area contributed by atoms with Gasteiger partial charge in [0.2, 0.25) is 5.91 Å². The van der Waals surface area contributed by atoms with E-state index in [9.17, 15) is 9.59 Å². The van der Waals surface area contributed by atoms with E-state index in [0.717, 1.165) is 5.56 Å². The first-order valence-electron chi connectivity index (χ1n) is 6.29. The molecule has 0 bridgehead atoms. The molecule has 19 heavy (non-hydrogen) atoms. The third-order valence-corrected chi connectivity index (χ3v) is 3.61. The average Bonchev–Trinajstić information content (AvgIpc) is 2.75. The predicted octanol–water partition coefficient (Wildman–Crippen LogP) is 2.71. The first kappa shape index (κ1) is 13.9. The van der Waals surface area contributed by atoms with Crippen molar-refractivity contribution in [2.75, 3.05) is 11.5 Å². The molecule has 102 valence electrons. The summed E-state index contributed by atoms with van der Waals surface area (Å²) < 4.78 is 5.01. The fourth-order valence-corrected chi connectivity index (χ4v) is 2.38. The fourth-order valence-electron chi connectivity index (χ4n) is 2.20. The van der Waals surface area contributed by atoms with Crippen LogP contribution in [0.1, 0.15) is 25.3 Å². The lowest BCUT2D eigenvalue weighted by atomic mass is 10.2. The maximum absolute atomic E-state index is 12.0. The fraction of sp³-hybridized carbons (Fsp3) is 0.429. The second-order valence-electron chi connectivity index (χ2n) is 4.50. The first-order valence-corrected chi connectivity index (χ1v) is 6.67. The van der Waals surface area contributed by atoms with Crippen molar-refractivity contribution in [2.45, 2.75) is 32.7 Å². The summed E-state index contributed by atoms with van der Waals surface area (Å²) in [4.78, 5) is 25.3. The van der Waals surface area contributed by atoms with E-state index in [1.54, 1.807) is 19.1 Å². The number of amides is 1. The van der Waals surface area contributed by atoms with Gasteiger partial charge in [0.25, 0.3) is 0 Å². The van der Waals surface area contributed by atoms with Gasteiger partial charge in [0, 0.05) is 17.1 Å². The van der Waals surface area contributed by atoms with Crippen LogP contribution in [0, 0.1) is 6.92 Å². The summed E-state index contributed by atoms with van der Waals surface area (Å²) in [7, 11) is 0. The molecule has 1 heterocycles. The van der Waals surface area contributed by atoms with Crippen LogP contribution in [0.25, 0.3) is 0 Å². The second-order valence-corrected chi connectivity index (χ2v) is 4.91. The molecule has 1 amide bonds. The smallest absolute Gasteiger partial charge is 0.329 e. The number of esters is 1. The molecule has 0 saturated carbocycles. The van der Waals surface area contributed by atoms with Gasteiger partial charge in [-0.05, 0) is 38.0 Å². The number of aryl methyl sites for hydroxylation is 1. The number of hydrogen-bond acceptors (Lipinski definition) is 3. The van der Waals surface area contributed by atoms with Crippen LogP contribution in [0.4, 0.5) is 5.69 Å². The van der Waals surface area contributed by atoms with Crippen molar-refractivity contribution < 1.29 is 14.3 Å². The van der Waals surface area contributed by atoms with E-state index in [-0.39, 0.29) is 11.9 Å². The SMILES string of the molecule is CCOC(=O)C1CCC(=O)N1c1ccc(C)c(Cl)c1. The number of anilines is 1. The van der Waals surface area contributed by atoms with E-state index in [1.165, 1.54) is 4.90 Å². The molecule has 1 aromatic rings. The molecule has 1 unspecified atom stereocenters. The minimum atomic E-state index is -0.536. The molecular formula is C14H16ClNO3. The highest BCUT2D eigenvalue weighted by Crippen LogP contribution is 2.30. The summed E-state index contributed by atoms with van der Waals surface area (Å²) >= 11 is 6.07. The van der Waals surface area contributed by atoms with Crippen molar-refractivity contribution in [2.24, 2.45) is 0 Å². The van der Waals surface area contributed by atoms with E-state index < -0.39 is 6.04 Å². The summed E-state index contributed by atoms with van der Waals surface area (Å²) in [5, 5.41) is 0.583. The molecule has 1 aliphatic rings. The third-order valence-electron chi connectivity index (χ3n) is 3.20. The van der Waals surface area contributed by atoms with E-state index in [2.05, 4.69) is 0 Å². The molecule has 4 nitrogen and oxygen atoms in total. The van der Waals surface area contributed by atoms with Gasteiger partial charge < -0.3 is 4.74 Å². The van der Waals surface area contributed by atoms with E-state index in [4.69, 9.17) is 16.3 Å². The summed E-state index contributed by atoms with van der Waals surface area (Å²) in [5.74, 6) is -0.428. The van der Waals surface area contributed by atoms with Crippen LogP contribution in [-0.2, 0) is 14.3 Å². The van der Waals surface area contributed by atoms with Crippen molar-refractivity contribution in [3.05, 3.63) is 28.8 Å². The van der Waals surface area contributed by atoms with Crippen LogP contribution in [-0.4, -0.2) is 24.5 Å². The van der Waals surface area contributed by atoms with Crippen LogP contribution in [0.15, 0.2) is 18.2 Å². The molecular weight excluding hydrogens is 266 g/mol. The maximum Gasteiger partial charge on any atom is 0.329 e. The quantitative estimate of drug-likeness (QED) is 0.800. The normalized spacial score (nSPS) is 18.8. The summed E-state index contributed by atoms with van der Waals surface area (Å²) in [6.45, 7) is 3.95. The Kier molecular flexibility index (Phi) is 4.10. The lowest BCUT2D eigenvalue weighted by Gasteiger charge is -2.23. The lowest BCUT2D eigenvalue weighted by Crippen LogP contribution is -2.39. The number of halogens is 1. The van der Waals surface area contributed by atoms with Crippen LogP contribution in [0.5, 0.6) is 0 Å². The molecule has 1 saturated heterocycles. The van der Waals surface area contributed by atoms with Crippen molar-refractivity contribution in [1.82, 2.24) is 0 Å². The zero-order chi connectivity index (χ0) is 14.0. The van der Waals surface area contributed by atoms with Gasteiger partial charge in [-0.25, -0.2) is 4.79 Å². The molecule has 2 rings (SSSR count). The maximum atomic E-state index is 12.0. The number of carbonyl (C=O) groups is 2. The topological polar surface area (TPSA) is 46.6 Å². The Hall–Kier alpha value is -1.55. The number of nitrogens with zero attached hydrogens (tertiary/aromatic N) is 1.